The predicted molar refractivity (Wildman–Crippen MR) is 74.8 cm³/mol. The molecule has 0 spiro atoms. The number of thioether (sulfide) groups is 2. The van der Waals surface area contributed by atoms with Crippen LogP contribution in [0.1, 0.15) is 0 Å². The van der Waals surface area contributed by atoms with Crippen molar-refractivity contribution in [1.29, 1.82) is 0 Å². The minimum Gasteiger partial charge on any atom is -0.396 e. The van der Waals surface area contributed by atoms with Gasteiger partial charge in [-0.15, -0.1) is 11.8 Å². The van der Waals surface area contributed by atoms with E-state index >= 15 is 0 Å². The van der Waals surface area contributed by atoms with Gasteiger partial charge in [0.05, 0.1) is 19.8 Å². The summed E-state index contributed by atoms with van der Waals surface area (Å²) in [6.07, 6.45) is 0. The molecule has 94 valence electrons. The van der Waals surface area contributed by atoms with Crippen molar-refractivity contribution in [2.45, 2.75) is 4.90 Å². The normalized spacial score (nSPS) is 17.7. The second kappa shape index (κ2) is 6.69. The second-order valence-corrected chi connectivity index (χ2v) is 6.64. The van der Waals surface area contributed by atoms with Crippen molar-refractivity contribution in [2.75, 3.05) is 37.1 Å². The fourth-order valence-electron chi connectivity index (χ4n) is 1.63. The Hall–Kier alpha value is -0.160. The van der Waals surface area contributed by atoms with Crippen LogP contribution < -0.4 is 0 Å². The summed E-state index contributed by atoms with van der Waals surface area (Å²) in [6, 6.07) is 10.5. The third-order valence-electron chi connectivity index (χ3n) is 2.80. The molecular weight excluding hydrogens is 252 g/mol. The molecule has 1 saturated heterocycles. The molecule has 1 heterocycles. The number of benzene rings is 1. The zero-order chi connectivity index (χ0) is 12.0. The Kier molecular flexibility index (Phi) is 5.22. The fraction of sp³-hybridized carbons (Fsp3) is 0.538. The predicted octanol–water partition coefficient (Wildman–Crippen LogP) is 2.52. The van der Waals surface area contributed by atoms with Crippen molar-refractivity contribution in [1.82, 2.24) is 0 Å². The summed E-state index contributed by atoms with van der Waals surface area (Å²) < 4.78 is 5.18. The third-order valence-corrected chi connectivity index (χ3v) is 5.38. The molecule has 1 aliphatic heterocycles. The van der Waals surface area contributed by atoms with E-state index in [1.165, 1.54) is 4.90 Å². The van der Waals surface area contributed by atoms with Gasteiger partial charge in [-0.1, -0.05) is 18.2 Å². The van der Waals surface area contributed by atoms with Crippen LogP contribution in [0, 0.1) is 5.41 Å². The SMILES string of the molecule is OCC1(CSCCSc2ccccc2)COC1. The van der Waals surface area contributed by atoms with Crippen LogP contribution in [0.3, 0.4) is 0 Å². The quantitative estimate of drug-likeness (QED) is 0.609. The zero-order valence-corrected chi connectivity index (χ0v) is 11.4. The molecule has 0 aliphatic carbocycles. The maximum Gasteiger partial charge on any atom is 0.0575 e. The lowest BCUT2D eigenvalue weighted by atomic mass is 9.90. The Balaban J connectivity index is 1.58. The van der Waals surface area contributed by atoms with E-state index in [0.29, 0.717) is 0 Å². The Bertz CT molecular complexity index is 320. The third kappa shape index (κ3) is 3.91. The molecule has 0 unspecified atom stereocenters. The number of hydrogen-bond acceptors (Lipinski definition) is 4. The maximum atomic E-state index is 9.27. The number of ether oxygens (including phenoxy) is 1. The summed E-state index contributed by atoms with van der Waals surface area (Å²) in [4.78, 5) is 1.33. The molecule has 1 N–H and O–H groups in total. The van der Waals surface area contributed by atoms with Crippen LogP contribution in [0.25, 0.3) is 0 Å². The van der Waals surface area contributed by atoms with Gasteiger partial charge in [-0.3, -0.25) is 0 Å². The molecule has 0 radical (unpaired) electrons. The molecule has 0 amide bonds. The topological polar surface area (TPSA) is 29.5 Å². The van der Waals surface area contributed by atoms with Gasteiger partial charge < -0.3 is 9.84 Å². The Labute approximate surface area is 111 Å². The van der Waals surface area contributed by atoms with Gasteiger partial charge in [-0.05, 0) is 12.1 Å². The molecular formula is C13H18O2S2. The molecule has 4 heteroatoms. The van der Waals surface area contributed by atoms with Gasteiger partial charge in [-0.2, -0.15) is 11.8 Å². The first-order valence-electron chi connectivity index (χ1n) is 5.79. The summed E-state index contributed by atoms with van der Waals surface area (Å²) >= 11 is 3.81. The van der Waals surface area contributed by atoms with Crippen molar-refractivity contribution in [3.8, 4) is 0 Å². The Morgan fingerprint density at radius 2 is 1.94 bits per heavy atom. The van der Waals surface area contributed by atoms with Gasteiger partial charge in [-0.25, -0.2) is 0 Å². The summed E-state index contributed by atoms with van der Waals surface area (Å²) in [6.45, 7) is 1.70. The van der Waals surface area contributed by atoms with Gasteiger partial charge in [0.1, 0.15) is 0 Å². The molecule has 1 fully saturated rings. The number of aliphatic hydroxyl groups is 1. The maximum absolute atomic E-state index is 9.27. The van der Waals surface area contributed by atoms with Crippen molar-refractivity contribution in [2.24, 2.45) is 5.41 Å². The highest BCUT2D eigenvalue weighted by Gasteiger charge is 2.37. The molecule has 0 saturated carbocycles. The monoisotopic (exact) mass is 270 g/mol. The molecule has 17 heavy (non-hydrogen) atoms. The van der Waals surface area contributed by atoms with Gasteiger partial charge in [0.2, 0.25) is 0 Å². The van der Waals surface area contributed by atoms with Crippen LogP contribution in [0.15, 0.2) is 35.2 Å². The molecule has 0 bridgehead atoms. The first-order chi connectivity index (χ1) is 8.35. The van der Waals surface area contributed by atoms with E-state index in [9.17, 15) is 5.11 Å². The number of hydrogen-bond donors (Lipinski definition) is 1. The molecule has 2 rings (SSSR count). The number of rotatable bonds is 7. The van der Waals surface area contributed by atoms with Crippen LogP contribution in [-0.2, 0) is 4.74 Å². The van der Waals surface area contributed by atoms with Crippen molar-refractivity contribution in [3.63, 3.8) is 0 Å². The fourth-order valence-corrected chi connectivity index (χ4v) is 3.86. The van der Waals surface area contributed by atoms with Crippen molar-refractivity contribution < 1.29 is 9.84 Å². The lowest BCUT2D eigenvalue weighted by Crippen LogP contribution is -2.47. The van der Waals surface area contributed by atoms with E-state index in [0.717, 1.165) is 30.5 Å². The van der Waals surface area contributed by atoms with E-state index in [2.05, 4.69) is 24.3 Å². The van der Waals surface area contributed by atoms with Crippen LogP contribution in [0.4, 0.5) is 0 Å². The minimum atomic E-state index is 0.0576. The summed E-state index contributed by atoms with van der Waals surface area (Å²) in [5.74, 6) is 3.26. The highest BCUT2D eigenvalue weighted by Crippen LogP contribution is 2.31. The molecule has 1 aliphatic rings. The standard InChI is InChI=1S/C13H18O2S2/c14-8-13(9-15-10-13)11-16-6-7-17-12-4-2-1-3-5-12/h1-5,14H,6-11H2. The average Bonchev–Trinajstić information content (AvgIpc) is 2.33. The van der Waals surface area contributed by atoms with E-state index < -0.39 is 0 Å². The van der Waals surface area contributed by atoms with Gasteiger partial charge in [0.15, 0.2) is 0 Å². The average molecular weight is 270 g/mol. The highest BCUT2D eigenvalue weighted by molar-refractivity contribution is 8.03. The van der Waals surface area contributed by atoms with E-state index in [1.807, 2.05) is 29.6 Å². The molecule has 0 atom stereocenters. The second-order valence-electron chi connectivity index (χ2n) is 4.37. The van der Waals surface area contributed by atoms with Gasteiger partial charge in [0, 0.05) is 27.6 Å². The zero-order valence-electron chi connectivity index (χ0n) is 9.80. The summed E-state index contributed by atoms with van der Waals surface area (Å²) in [5.41, 5.74) is 0.0576. The molecule has 2 nitrogen and oxygen atoms in total. The van der Waals surface area contributed by atoms with Gasteiger partial charge in [0.25, 0.3) is 0 Å². The van der Waals surface area contributed by atoms with Crippen LogP contribution in [-0.4, -0.2) is 42.2 Å². The first-order valence-corrected chi connectivity index (χ1v) is 7.93. The molecule has 1 aromatic carbocycles. The van der Waals surface area contributed by atoms with Crippen LogP contribution in [0.2, 0.25) is 0 Å². The van der Waals surface area contributed by atoms with E-state index in [4.69, 9.17) is 4.74 Å². The summed E-state index contributed by atoms with van der Waals surface area (Å²) in [5, 5.41) is 9.27. The molecule has 0 aromatic heterocycles. The van der Waals surface area contributed by atoms with Crippen LogP contribution >= 0.6 is 23.5 Å². The van der Waals surface area contributed by atoms with Gasteiger partial charge >= 0.3 is 0 Å². The smallest absolute Gasteiger partial charge is 0.0575 e. The lowest BCUT2D eigenvalue weighted by Gasteiger charge is -2.39. The Morgan fingerprint density at radius 3 is 2.53 bits per heavy atom. The van der Waals surface area contributed by atoms with Crippen molar-refractivity contribution >= 4 is 23.5 Å². The lowest BCUT2D eigenvalue weighted by molar-refractivity contribution is -0.121. The van der Waals surface area contributed by atoms with E-state index in [1.54, 1.807) is 0 Å². The van der Waals surface area contributed by atoms with Crippen LogP contribution in [0.5, 0.6) is 0 Å². The summed E-state index contributed by atoms with van der Waals surface area (Å²) in [7, 11) is 0. The largest absolute Gasteiger partial charge is 0.396 e. The first kappa shape index (κ1) is 13.3. The van der Waals surface area contributed by atoms with Crippen molar-refractivity contribution in [3.05, 3.63) is 30.3 Å². The molecule has 1 aromatic rings. The number of aliphatic hydroxyl groups excluding tert-OH is 1. The Morgan fingerprint density at radius 1 is 1.18 bits per heavy atom. The van der Waals surface area contributed by atoms with E-state index in [-0.39, 0.29) is 12.0 Å². The highest BCUT2D eigenvalue weighted by atomic mass is 32.2. The minimum absolute atomic E-state index is 0.0576.